The second-order valence-electron chi connectivity index (χ2n) is 4.93. The maximum Gasteiger partial charge on any atom is 0.490 e. The standard InChI is InChI=1S/C12H15N3O.C2HF3O2/c1-15-12-4-2-3-9(10(12)7-14-15)11-8-16-6-5-13-11;3-2(4,5)1(6)7/h2-4,7,11,13H,5-6,8H2,1H3;(H,6,7). The van der Waals surface area contributed by atoms with Crippen LogP contribution in [0.1, 0.15) is 11.6 Å². The highest BCUT2D eigenvalue weighted by molar-refractivity contribution is 5.82. The summed E-state index contributed by atoms with van der Waals surface area (Å²) in [5.41, 5.74) is 2.45. The average Bonchev–Trinajstić information content (AvgIpc) is 2.89. The summed E-state index contributed by atoms with van der Waals surface area (Å²) in [5.74, 6) is -2.76. The van der Waals surface area contributed by atoms with Crippen LogP contribution < -0.4 is 5.32 Å². The molecule has 2 heterocycles. The van der Waals surface area contributed by atoms with Crippen molar-refractivity contribution in [2.24, 2.45) is 7.05 Å². The van der Waals surface area contributed by atoms with Gasteiger partial charge in [-0.05, 0) is 11.6 Å². The zero-order chi connectivity index (χ0) is 17.0. The van der Waals surface area contributed by atoms with Crippen LogP contribution in [0.15, 0.2) is 24.4 Å². The van der Waals surface area contributed by atoms with Gasteiger partial charge in [-0.2, -0.15) is 18.3 Å². The van der Waals surface area contributed by atoms with Crippen LogP contribution in [0.3, 0.4) is 0 Å². The number of aromatic nitrogens is 2. The topological polar surface area (TPSA) is 76.4 Å². The van der Waals surface area contributed by atoms with Crippen molar-refractivity contribution in [1.82, 2.24) is 15.1 Å². The van der Waals surface area contributed by atoms with Crippen molar-refractivity contribution in [3.8, 4) is 0 Å². The van der Waals surface area contributed by atoms with E-state index in [9.17, 15) is 13.2 Å². The van der Waals surface area contributed by atoms with E-state index in [4.69, 9.17) is 14.6 Å². The minimum Gasteiger partial charge on any atom is -0.475 e. The number of hydrogen-bond donors (Lipinski definition) is 2. The minimum atomic E-state index is -5.08. The number of ether oxygens (including phenoxy) is 1. The van der Waals surface area contributed by atoms with Crippen molar-refractivity contribution in [3.63, 3.8) is 0 Å². The number of rotatable bonds is 1. The Morgan fingerprint density at radius 2 is 2.17 bits per heavy atom. The van der Waals surface area contributed by atoms with E-state index in [2.05, 4.69) is 28.6 Å². The summed E-state index contributed by atoms with van der Waals surface area (Å²) in [6.45, 7) is 2.47. The van der Waals surface area contributed by atoms with Crippen molar-refractivity contribution in [3.05, 3.63) is 30.0 Å². The van der Waals surface area contributed by atoms with Crippen LogP contribution in [-0.2, 0) is 16.6 Å². The lowest BCUT2D eigenvalue weighted by molar-refractivity contribution is -0.192. The van der Waals surface area contributed by atoms with Gasteiger partial charge in [0, 0.05) is 19.0 Å². The summed E-state index contributed by atoms with van der Waals surface area (Å²) in [4.78, 5) is 8.90. The summed E-state index contributed by atoms with van der Waals surface area (Å²) in [5, 5.41) is 16.1. The van der Waals surface area contributed by atoms with Gasteiger partial charge in [0.1, 0.15) is 0 Å². The number of nitrogens with one attached hydrogen (secondary N) is 1. The van der Waals surface area contributed by atoms with Gasteiger partial charge < -0.3 is 15.2 Å². The number of fused-ring (bicyclic) bond motifs is 1. The van der Waals surface area contributed by atoms with E-state index >= 15 is 0 Å². The number of carboxylic acid groups (broad SMARTS) is 1. The third kappa shape index (κ3) is 4.20. The van der Waals surface area contributed by atoms with Crippen molar-refractivity contribution in [1.29, 1.82) is 0 Å². The van der Waals surface area contributed by atoms with Crippen LogP contribution in [0.5, 0.6) is 0 Å². The Hall–Kier alpha value is -2.13. The Morgan fingerprint density at radius 1 is 1.48 bits per heavy atom. The van der Waals surface area contributed by atoms with E-state index in [1.165, 1.54) is 16.5 Å². The number of alkyl halides is 3. The first kappa shape index (κ1) is 17.2. The molecule has 23 heavy (non-hydrogen) atoms. The van der Waals surface area contributed by atoms with Gasteiger partial charge in [-0.1, -0.05) is 12.1 Å². The van der Waals surface area contributed by atoms with Crippen molar-refractivity contribution in [2.45, 2.75) is 12.2 Å². The predicted octanol–water partition coefficient (Wildman–Crippen LogP) is 1.87. The predicted molar refractivity (Wildman–Crippen MR) is 76.0 cm³/mol. The number of morpholine rings is 1. The summed E-state index contributed by atoms with van der Waals surface area (Å²) < 4.78 is 39.1. The number of hydrogen-bond acceptors (Lipinski definition) is 4. The number of aryl methyl sites for hydroxylation is 1. The molecule has 0 spiro atoms. The molecule has 3 rings (SSSR count). The van der Waals surface area contributed by atoms with Crippen LogP contribution in [0.4, 0.5) is 13.2 Å². The van der Waals surface area contributed by atoms with Gasteiger partial charge in [0.15, 0.2) is 0 Å². The Labute approximate surface area is 129 Å². The molecule has 1 saturated heterocycles. The van der Waals surface area contributed by atoms with Crippen LogP contribution >= 0.6 is 0 Å². The smallest absolute Gasteiger partial charge is 0.475 e. The fraction of sp³-hybridized carbons (Fsp3) is 0.429. The molecule has 1 aliphatic rings. The quantitative estimate of drug-likeness (QED) is 0.834. The average molecular weight is 331 g/mol. The Morgan fingerprint density at radius 3 is 2.74 bits per heavy atom. The van der Waals surface area contributed by atoms with Crippen molar-refractivity contribution >= 4 is 16.9 Å². The highest BCUT2D eigenvalue weighted by Crippen LogP contribution is 2.25. The van der Waals surface area contributed by atoms with Gasteiger partial charge in [0.05, 0.1) is 31.0 Å². The van der Waals surface area contributed by atoms with E-state index < -0.39 is 12.1 Å². The largest absolute Gasteiger partial charge is 0.490 e. The fourth-order valence-corrected chi connectivity index (χ4v) is 2.27. The van der Waals surface area contributed by atoms with Crippen LogP contribution in [0.25, 0.3) is 10.9 Å². The number of benzene rings is 1. The lowest BCUT2D eigenvalue weighted by Gasteiger charge is -2.24. The second-order valence-corrected chi connectivity index (χ2v) is 4.93. The third-order valence-corrected chi connectivity index (χ3v) is 3.37. The zero-order valence-corrected chi connectivity index (χ0v) is 12.3. The molecule has 126 valence electrons. The molecule has 0 amide bonds. The van der Waals surface area contributed by atoms with Gasteiger partial charge >= 0.3 is 12.1 Å². The molecule has 0 aliphatic carbocycles. The molecule has 1 fully saturated rings. The Bertz CT molecular complexity index is 679. The highest BCUT2D eigenvalue weighted by atomic mass is 19.4. The summed E-state index contributed by atoms with van der Waals surface area (Å²) in [7, 11) is 1.97. The molecule has 1 aromatic heterocycles. The maximum absolute atomic E-state index is 10.6. The van der Waals surface area contributed by atoms with Gasteiger partial charge in [-0.15, -0.1) is 0 Å². The number of aliphatic carboxylic acids is 1. The molecule has 1 unspecified atom stereocenters. The molecule has 1 atom stereocenters. The molecule has 0 bridgehead atoms. The van der Waals surface area contributed by atoms with Crippen LogP contribution in [-0.4, -0.2) is 46.8 Å². The van der Waals surface area contributed by atoms with Gasteiger partial charge in [-0.25, -0.2) is 4.79 Å². The number of nitrogens with zero attached hydrogens (tertiary/aromatic N) is 2. The SMILES string of the molecule is Cn1ncc2c(C3COCCN3)cccc21.O=C(O)C(F)(F)F. The molecule has 6 nitrogen and oxygen atoms in total. The lowest BCUT2D eigenvalue weighted by Crippen LogP contribution is -2.34. The first-order valence-electron chi connectivity index (χ1n) is 6.82. The van der Waals surface area contributed by atoms with E-state index in [0.717, 1.165) is 19.8 Å². The molecule has 0 saturated carbocycles. The highest BCUT2D eigenvalue weighted by Gasteiger charge is 2.38. The van der Waals surface area contributed by atoms with Crippen molar-refractivity contribution < 1.29 is 27.8 Å². The maximum atomic E-state index is 10.6. The number of carboxylic acids is 1. The Kier molecular flexibility index (Phi) is 5.22. The molecule has 0 radical (unpaired) electrons. The lowest BCUT2D eigenvalue weighted by atomic mass is 10.0. The van der Waals surface area contributed by atoms with Gasteiger partial charge in [0.25, 0.3) is 0 Å². The number of halogens is 3. The van der Waals surface area contributed by atoms with E-state index in [-0.39, 0.29) is 0 Å². The van der Waals surface area contributed by atoms with Crippen molar-refractivity contribution in [2.75, 3.05) is 19.8 Å². The minimum absolute atomic E-state index is 0.293. The summed E-state index contributed by atoms with van der Waals surface area (Å²) >= 11 is 0. The molecule has 9 heteroatoms. The molecule has 1 aromatic carbocycles. The molecular weight excluding hydrogens is 315 g/mol. The molecule has 2 N–H and O–H groups in total. The summed E-state index contributed by atoms with van der Waals surface area (Å²) in [6.07, 6.45) is -3.15. The number of carbonyl (C=O) groups is 1. The first-order valence-corrected chi connectivity index (χ1v) is 6.82. The van der Waals surface area contributed by atoms with E-state index in [1.54, 1.807) is 0 Å². The second kappa shape index (κ2) is 6.97. The van der Waals surface area contributed by atoms with Gasteiger partial charge in [0.2, 0.25) is 0 Å². The zero-order valence-electron chi connectivity index (χ0n) is 12.3. The molecule has 1 aliphatic heterocycles. The van der Waals surface area contributed by atoms with E-state index in [1.807, 2.05) is 17.9 Å². The monoisotopic (exact) mass is 331 g/mol. The fourth-order valence-electron chi connectivity index (χ4n) is 2.27. The molecule has 2 aromatic rings. The summed E-state index contributed by atoms with van der Waals surface area (Å²) in [6, 6.07) is 6.61. The first-order chi connectivity index (χ1) is 10.8. The van der Waals surface area contributed by atoms with Gasteiger partial charge in [-0.3, -0.25) is 4.68 Å². The van der Waals surface area contributed by atoms with Crippen LogP contribution in [0, 0.1) is 0 Å². The van der Waals surface area contributed by atoms with Crippen LogP contribution in [0.2, 0.25) is 0 Å². The molecular formula is C14H16F3N3O3. The normalized spacial score (nSPS) is 18.3. The van der Waals surface area contributed by atoms with E-state index in [0.29, 0.717) is 6.04 Å². The Balaban J connectivity index is 0.000000236. The third-order valence-electron chi connectivity index (χ3n) is 3.37.